The quantitative estimate of drug-likeness (QED) is 0.555. The summed E-state index contributed by atoms with van der Waals surface area (Å²) in [7, 11) is 1.36. The summed E-state index contributed by atoms with van der Waals surface area (Å²) in [6, 6.07) is 8.40. The topological polar surface area (TPSA) is 55.6 Å². The molecule has 1 aliphatic carbocycles. The minimum atomic E-state index is -0.991. The summed E-state index contributed by atoms with van der Waals surface area (Å²) < 4.78 is 25.5. The first-order valence-corrected chi connectivity index (χ1v) is 12.6. The molecule has 2 aliphatic rings. The van der Waals surface area contributed by atoms with Gasteiger partial charge in [0, 0.05) is 47.2 Å². The summed E-state index contributed by atoms with van der Waals surface area (Å²) in [5, 5.41) is 0. The number of benzene rings is 1. The Morgan fingerprint density at radius 2 is 1.88 bits per heavy atom. The summed E-state index contributed by atoms with van der Waals surface area (Å²) in [6.07, 6.45) is 0.143. The molecule has 32 heavy (non-hydrogen) atoms. The number of thioether (sulfide) groups is 1. The summed E-state index contributed by atoms with van der Waals surface area (Å²) >= 11 is 1.99. The monoisotopic (exact) mass is 460 g/mol. The van der Waals surface area contributed by atoms with E-state index in [1.165, 1.54) is 12.8 Å². The van der Waals surface area contributed by atoms with E-state index in [2.05, 4.69) is 49.9 Å². The van der Waals surface area contributed by atoms with Crippen molar-refractivity contribution in [2.75, 3.05) is 36.6 Å². The number of carbonyl (C=O) groups excluding carboxylic acids is 1. The fourth-order valence-corrected chi connectivity index (χ4v) is 5.52. The van der Waals surface area contributed by atoms with Gasteiger partial charge in [0.2, 0.25) is 5.89 Å². The number of hydrogen-bond donors (Lipinski definition) is 0. The zero-order chi connectivity index (χ0) is 22.9. The van der Waals surface area contributed by atoms with Gasteiger partial charge < -0.3 is 14.1 Å². The maximum absolute atomic E-state index is 14.2. The van der Waals surface area contributed by atoms with Crippen LogP contribution in [-0.4, -0.2) is 48.8 Å². The fourth-order valence-electron chi connectivity index (χ4n) is 4.61. The second-order valence-corrected chi connectivity index (χ2v) is 11.0. The Morgan fingerprint density at radius 1 is 1.19 bits per heavy atom. The van der Waals surface area contributed by atoms with E-state index < -0.39 is 12.1 Å². The van der Waals surface area contributed by atoms with Crippen molar-refractivity contribution < 1.29 is 18.3 Å². The van der Waals surface area contributed by atoms with Crippen molar-refractivity contribution in [3.63, 3.8) is 0 Å². The molecule has 0 N–H and O–H groups in total. The molecule has 4 rings (SSSR count). The molecule has 7 heteroatoms. The average molecular weight is 461 g/mol. The van der Waals surface area contributed by atoms with Gasteiger partial charge in [0.05, 0.1) is 18.7 Å². The molecule has 5 nitrogen and oxygen atoms in total. The zero-order valence-corrected chi connectivity index (χ0v) is 20.2. The Kier molecular flexibility index (Phi) is 6.84. The van der Waals surface area contributed by atoms with Crippen LogP contribution in [0.3, 0.4) is 0 Å². The van der Waals surface area contributed by atoms with Gasteiger partial charge in [-0.1, -0.05) is 20.8 Å². The van der Waals surface area contributed by atoms with E-state index in [1.807, 2.05) is 11.8 Å². The predicted molar refractivity (Wildman–Crippen MR) is 127 cm³/mol. The lowest BCUT2D eigenvalue weighted by Crippen LogP contribution is -2.32. The van der Waals surface area contributed by atoms with Crippen molar-refractivity contribution in [2.24, 2.45) is 5.92 Å². The fraction of sp³-hybridized carbons (Fsp3) is 0.600. The molecule has 0 radical (unpaired) electrons. The van der Waals surface area contributed by atoms with E-state index in [4.69, 9.17) is 14.1 Å². The first kappa shape index (κ1) is 23.1. The average Bonchev–Trinajstić information content (AvgIpc) is 3.25. The molecule has 1 aromatic heterocycles. The van der Waals surface area contributed by atoms with Crippen LogP contribution >= 0.6 is 11.8 Å². The van der Waals surface area contributed by atoms with Gasteiger partial charge in [0.1, 0.15) is 6.17 Å². The Hall–Kier alpha value is -2.02. The number of alkyl halides is 1. The lowest BCUT2D eigenvalue weighted by Gasteiger charge is -2.30. The highest BCUT2D eigenvalue weighted by molar-refractivity contribution is 7.99. The Morgan fingerprint density at radius 3 is 2.50 bits per heavy atom. The van der Waals surface area contributed by atoms with Crippen molar-refractivity contribution in [3.8, 4) is 11.3 Å². The standard InChI is InChI=1S/C25H33FN2O3S/c1-25(2,3)24-27-21(19-10-7-17(26)15-20(19)23(29)30-4)22(31-24)16-5-8-18(9-6-16)28-11-13-32-14-12-28/h5-6,8-9,17,19-20H,7,10-15H2,1-4H3/t17-,19+,20+/m0/s1. The number of nitrogens with zero attached hydrogens (tertiary/aromatic N) is 2. The van der Waals surface area contributed by atoms with Crippen LogP contribution in [0.1, 0.15) is 57.5 Å². The second kappa shape index (κ2) is 9.46. The summed E-state index contributed by atoms with van der Waals surface area (Å²) in [5.41, 5.74) is 2.61. The highest BCUT2D eigenvalue weighted by Gasteiger charge is 2.41. The van der Waals surface area contributed by atoms with E-state index in [-0.39, 0.29) is 23.7 Å². The van der Waals surface area contributed by atoms with E-state index in [0.29, 0.717) is 24.5 Å². The molecular formula is C25H33FN2O3S. The van der Waals surface area contributed by atoms with Crippen LogP contribution in [0.25, 0.3) is 11.3 Å². The first-order chi connectivity index (χ1) is 15.3. The number of hydrogen-bond acceptors (Lipinski definition) is 6. The SMILES string of the molecule is COC(=O)[C@@H]1C[C@@H](F)CC[C@H]1c1nc(C(C)(C)C)oc1-c1ccc(N2CCSCC2)cc1. The molecular weight excluding hydrogens is 427 g/mol. The maximum atomic E-state index is 14.2. The van der Waals surface area contributed by atoms with Gasteiger partial charge in [-0.15, -0.1) is 0 Å². The number of anilines is 1. The molecule has 2 aromatic rings. The molecule has 2 heterocycles. The summed E-state index contributed by atoms with van der Waals surface area (Å²) in [5.74, 6) is 2.47. The number of esters is 1. The molecule has 2 fully saturated rings. The smallest absolute Gasteiger partial charge is 0.309 e. The van der Waals surface area contributed by atoms with Crippen LogP contribution in [0.5, 0.6) is 0 Å². The summed E-state index contributed by atoms with van der Waals surface area (Å²) in [6.45, 7) is 8.28. The molecule has 174 valence electrons. The van der Waals surface area contributed by atoms with Gasteiger partial charge in [0.15, 0.2) is 5.76 Å². The molecule has 1 aliphatic heterocycles. The number of carbonyl (C=O) groups is 1. The van der Waals surface area contributed by atoms with Crippen molar-refractivity contribution in [2.45, 2.75) is 57.5 Å². The van der Waals surface area contributed by atoms with Crippen molar-refractivity contribution in [3.05, 3.63) is 35.9 Å². The van der Waals surface area contributed by atoms with Crippen LogP contribution in [0.2, 0.25) is 0 Å². The van der Waals surface area contributed by atoms with Crippen molar-refractivity contribution >= 4 is 23.4 Å². The van der Waals surface area contributed by atoms with Crippen LogP contribution in [-0.2, 0) is 14.9 Å². The number of aromatic nitrogens is 1. The third kappa shape index (κ3) is 4.82. The zero-order valence-electron chi connectivity index (χ0n) is 19.4. The molecule has 3 atom stereocenters. The maximum Gasteiger partial charge on any atom is 0.309 e. The number of methoxy groups -OCH3 is 1. The van der Waals surface area contributed by atoms with Crippen LogP contribution in [0, 0.1) is 5.92 Å². The number of rotatable bonds is 4. The third-order valence-corrected chi connectivity index (χ3v) is 7.38. The normalized spacial score (nSPS) is 24.4. The van der Waals surface area contributed by atoms with Gasteiger partial charge in [-0.2, -0.15) is 11.8 Å². The minimum absolute atomic E-state index is 0.167. The van der Waals surface area contributed by atoms with Gasteiger partial charge in [-0.05, 0) is 43.5 Å². The number of oxazole rings is 1. The first-order valence-electron chi connectivity index (χ1n) is 11.4. The lowest BCUT2D eigenvalue weighted by molar-refractivity contribution is -0.148. The summed E-state index contributed by atoms with van der Waals surface area (Å²) in [4.78, 5) is 19.8. The second-order valence-electron chi connectivity index (χ2n) is 9.78. The van der Waals surface area contributed by atoms with E-state index >= 15 is 0 Å². The predicted octanol–water partition coefficient (Wildman–Crippen LogP) is 5.59. The lowest BCUT2D eigenvalue weighted by atomic mass is 9.76. The molecule has 0 amide bonds. The van der Waals surface area contributed by atoms with Crippen LogP contribution in [0.15, 0.2) is 28.7 Å². The minimum Gasteiger partial charge on any atom is -0.469 e. The van der Waals surface area contributed by atoms with Crippen molar-refractivity contribution in [1.29, 1.82) is 0 Å². The van der Waals surface area contributed by atoms with Crippen molar-refractivity contribution in [1.82, 2.24) is 4.98 Å². The molecule has 1 saturated carbocycles. The third-order valence-electron chi connectivity index (χ3n) is 6.44. The van der Waals surface area contributed by atoms with Gasteiger partial charge >= 0.3 is 5.97 Å². The van der Waals surface area contributed by atoms with E-state index in [9.17, 15) is 9.18 Å². The molecule has 0 bridgehead atoms. The largest absolute Gasteiger partial charge is 0.469 e. The Bertz CT molecular complexity index is 932. The van der Waals surface area contributed by atoms with E-state index in [1.54, 1.807) is 0 Å². The van der Waals surface area contributed by atoms with Gasteiger partial charge in [-0.25, -0.2) is 9.37 Å². The van der Waals surface area contributed by atoms with Crippen LogP contribution in [0.4, 0.5) is 10.1 Å². The highest BCUT2D eigenvalue weighted by atomic mass is 32.2. The van der Waals surface area contributed by atoms with E-state index in [0.717, 1.165) is 35.9 Å². The van der Waals surface area contributed by atoms with Gasteiger partial charge in [-0.3, -0.25) is 4.79 Å². The molecule has 0 spiro atoms. The Balaban J connectivity index is 1.71. The molecule has 0 unspecified atom stereocenters. The van der Waals surface area contributed by atoms with Crippen LogP contribution < -0.4 is 4.90 Å². The Labute approximate surface area is 194 Å². The molecule has 1 saturated heterocycles. The highest BCUT2D eigenvalue weighted by Crippen LogP contribution is 2.44. The molecule has 1 aromatic carbocycles. The number of ether oxygens (including phenoxy) is 1. The number of halogens is 1. The van der Waals surface area contributed by atoms with Gasteiger partial charge in [0.25, 0.3) is 0 Å².